The average molecular weight is 388 g/mol. The van der Waals surface area contributed by atoms with Gasteiger partial charge in [0.2, 0.25) is 0 Å². The number of furan rings is 1. The van der Waals surface area contributed by atoms with Crippen LogP contribution < -0.4 is 9.62 Å². The SMILES string of the molecule is CC1CCN1c1cc(F)c2cc(C(=O)NS(=O)(=O)c3ccccc3)oc2c1. The molecule has 1 saturated heterocycles. The van der Waals surface area contributed by atoms with Crippen molar-refractivity contribution in [3.8, 4) is 0 Å². The van der Waals surface area contributed by atoms with Crippen LogP contribution in [0.15, 0.2) is 57.8 Å². The standard InChI is InChI=1S/C19H17FN2O4S/c1-12-7-8-22(12)13-9-16(20)15-11-18(26-17(15)10-13)19(23)21-27(24,25)14-5-3-2-4-6-14/h2-6,9-12H,7-8H2,1H3,(H,21,23). The minimum absolute atomic E-state index is 0.0466. The zero-order chi connectivity index (χ0) is 19.2. The molecule has 1 fully saturated rings. The third-order valence-corrected chi connectivity index (χ3v) is 6.07. The van der Waals surface area contributed by atoms with Crippen molar-refractivity contribution in [3.05, 3.63) is 60.1 Å². The summed E-state index contributed by atoms with van der Waals surface area (Å²) >= 11 is 0. The van der Waals surface area contributed by atoms with E-state index in [2.05, 4.69) is 0 Å². The number of nitrogens with zero attached hydrogens (tertiary/aromatic N) is 1. The first kappa shape index (κ1) is 17.5. The van der Waals surface area contributed by atoms with E-state index in [1.54, 1.807) is 24.3 Å². The van der Waals surface area contributed by atoms with Crippen LogP contribution in [0.5, 0.6) is 0 Å². The second-order valence-corrected chi connectivity index (χ2v) is 8.21. The summed E-state index contributed by atoms with van der Waals surface area (Å²) in [4.78, 5) is 14.3. The lowest BCUT2D eigenvalue weighted by molar-refractivity contribution is 0.0956. The lowest BCUT2D eigenvalue weighted by atomic mass is 10.0. The Kier molecular flexibility index (Phi) is 4.15. The largest absolute Gasteiger partial charge is 0.451 e. The van der Waals surface area contributed by atoms with Gasteiger partial charge in [0.15, 0.2) is 5.76 Å². The van der Waals surface area contributed by atoms with Gasteiger partial charge in [0.25, 0.3) is 10.0 Å². The molecule has 8 heteroatoms. The van der Waals surface area contributed by atoms with E-state index in [1.807, 2.05) is 16.5 Å². The maximum atomic E-state index is 14.4. The first-order chi connectivity index (χ1) is 12.8. The van der Waals surface area contributed by atoms with Crippen LogP contribution in [-0.2, 0) is 10.0 Å². The van der Waals surface area contributed by atoms with Crippen molar-refractivity contribution in [2.75, 3.05) is 11.4 Å². The number of carbonyl (C=O) groups excluding carboxylic acids is 1. The van der Waals surface area contributed by atoms with Crippen LogP contribution in [0.4, 0.5) is 10.1 Å². The van der Waals surface area contributed by atoms with E-state index in [0.717, 1.165) is 13.0 Å². The molecule has 1 aliphatic heterocycles. The van der Waals surface area contributed by atoms with E-state index in [-0.39, 0.29) is 21.6 Å². The van der Waals surface area contributed by atoms with Gasteiger partial charge in [0.05, 0.1) is 10.3 Å². The minimum atomic E-state index is -4.04. The Morgan fingerprint density at radius 2 is 1.96 bits per heavy atom. The van der Waals surface area contributed by atoms with Gasteiger partial charge in [-0.05, 0) is 31.5 Å². The maximum Gasteiger partial charge on any atom is 0.300 e. The van der Waals surface area contributed by atoms with Crippen LogP contribution in [0, 0.1) is 5.82 Å². The van der Waals surface area contributed by atoms with Gasteiger partial charge >= 0.3 is 5.91 Å². The highest BCUT2D eigenvalue weighted by atomic mass is 32.2. The summed E-state index contributed by atoms with van der Waals surface area (Å²) in [5.74, 6) is -1.74. The lowest BCUT2D eigenvalue weighted by Gasteiger charge is -2.40. The van der Waals surface area contributed by atoms with Crippen molar-refractivity contribution >= 4 is 32.6 Å². The number of carbonyl (C=O) groups is 1. The number of nitrogens with one attached hydrogen (secondary N) is 1. The highest BCUT2D eigenvalue weighted by molar-refractivity contribution is 7.90. The fourth-order valence-electron chi connectivity index (χ4n) is 3.09. The fraction of sp³-hybridized carbons (Fsp3) is 0.211. The molecule has 4 rings (SSSR count). The van der Waals surface area contributed by atoms with E-state index in [0.29, 0.717) is 11.7 Å². The van der Waals surface area contributed by atoms with Gasteiger partial charge in [0.1, 0.15) is 11.4 Å². The van der Waals surface area contributed by atoms with E-state index in [1.165, 1.54) is 24.3 Å². The predicted molar refractivity (Wildman–Crippen MR) is 98.7 cm³/mol. The molecule has 1 aliphatic rings. The maximum absolute atomic E-state index is 14.4. The molecule has 27 heavy (non-hydrogen) atoms. The number of sulfonamides is 1. The van der Waals surface area contributed by atoms with E-state index in [9.17, 15) is 17.6 Å². The molecule has 1 aromatic heterocycles. The Balaban J connectivity index is 1.64. The number of hydrogen-bond acceptors (Lipinski definition) is 5. The highest BCUT2D eigenvalue weighted by Gasteiger charge is 2.26. The molecule has 6 nitrogen and oxygen atoms in total. The van der Waals surface area contributed by atoms with Crippen LogP contribution in [0.2, 0.25) is 0 Å². The van der Waals surface area contributed by atoms with Crippen molar-refractivity contribution in [1.82, 2.24) is 4.72 Å². The number of anilines is 1. The number of halogens is 1. The molecule has 1 amide bonds. The predicted octanol–water partition coefficient (Wildman–Crippen LogP) is 3.29. The zero-order valence-electron chi connectivity index (χ0n) is 14.5. The van der Waals surface area contributed by atoms with E-state index >= 15 is 0 Å². The molecule has 1 N–H and O–H groups in total. The van der Waals surface area contributed by atoms with Crippen molar-refractivity contribution in [2.45, 2.75) is 24.3 Å². The number of amides is 1. The molecule has 3 aromatic rings. The van der Waals surface area contributed by atoms with Crippen molar-refractivity contribution in [1.29, 1.82) is 0 Å². The van der Waals surface area contributed by atoms with Crippen LogP contribution in [0.1, 0.15) is 23.9 Å². The smallest absolute Gasteiger partial charge is 0.300 e. The van der Waals surface area contributed by atoms with Gasteiger partial charge in [-0.25, -0.2) is 17.5 Å². The number of rotatable bonds is 4. The molecule has 0 bridgehead atoms. The minimum Gasteiger partial charge on any atom is -0.451 e. The topological polar surface area (TPSA) is 79.6 Å². The number of benzene rings is 2. The molecule has 2 aromatic carbocycles. The summed E-state index contributed by atoms with van der Waals surface area (Å²) in [5, 5.41) is 0.134. The van der Waals surface area contributed by atoms with Crippen molar-refractivity contribution < 1.29 is 22.0 Å². The first-order valence-corrected chi connectivity index (χ1v) is 9.95. The molecular weight excluding hydrogens is 371 g/mol. The van der Waals surface area contributed by atoms with E-state index in [4.69, 9.17) is 4.42 Å². The number of fused-ring (bicyclic) bond motifs is 1. The summed E-state index contributed by atoms with van der Waals surface area (Å²) in [6, 6.07) is 12.1. The molecular formula is C19H17FN2O4S. The Labute approximate surface area is 155 Å². The lowest BCUT2D eigenvalue weighted by Crippen LogP contribution is -2.45. The second kappa shape index (κ2) is 6.38. The molecule has 2 heterocycles. The quantitative estimate of drug-likeness (QED) is 0.742. The van der Waals surface area contributed by atoms with Crippen LogP contribution >= 0.6 is 0 Å². The zero-order valence-corrected chi connectivity index (χ0v) is 15.3. The van der Waals surface area contributed by atoms with Gasteiger partial charge < -0.3 is 9.32 Å². The molecule has 140 valence electrons. The van der Waals surface area contributed by atoms with Crippen LogP contribution in [-0.4, -0.2) is 26.9 Å². The fourth-order valence-corrected chi connectivity index (χ4v) is 4.07. The Morgan fingerprint density at radius 1 is 1.22 bits per heavy atom. The Morgan fingerprint density at radius 3 is 2.59 bits per heavy atom. The molecule has 0 spiro atoms. The highest BCUT2D eigenvalue weighted by Crippen LogP contribution is 2.32. The molecule has 0 aliphatic carbocycles. The van der Waals surface area contributed by atoms with Gasteiger partial charge in [-0.3, -0.25) is 4.79 Å². The summed E-state index contributed by atoms with van der Waals surface area (Å²) in [6.45, 7) is 2.87. The van der Waals surface area contributed by atoms with Gasteiger partial charge in [-0.2, -0.15) is 0 Å². The molecule has 1 unspecified atom stereocenters. The summed E-state index contributed by atoms with van der Waals surface area (Å²) < 4.78 is 46.4. The van der Waals surface area contributed by atoms with Gasteiger partial charge in [-0.15, -0.1) is 0 Å². The second-order valence-electron chi connectivity index (χ2n) is 6.53. The first-order valence-electron chi connectivity index (χ1n) is 8.47. The molecule has 0 saturated carbocycles. The average Bonchev–Trinajstić information content (AvgIpc) is 3.06. The Hall–Kier alpha value is -2.87. The van der Waals surface area contributed by atoms with Gasteiger partial charge in [-0.1, -0.05) is 18.2 Å². The van der Waals surface area contributed by atoms with Crippen LogP contribution in [0.25, 0.3) is 11.0 Å². The Bertz CT molecular complexity index is 1130. The molecule has 1 atom stereocenters. The molecule has 0 radical (unpaired) electrons. The monoisotopic (exact) mass is 388 g/mol. The summed E-state index contributed by atoms with van der Waals surface area (Å²) in [6.07, 6.45) is 1.03. The van der Waals surface area contributed by atoms with Crippen molar-refractivity contribution in [3.63, 3.8) is 0 Å². The third kappa shape index (κ3) is 3.16. The number of hydrogen-bond donors (Lipinski definition) is 1. The van der Waals surface area contributed by atoms with Crippen molar-refractivity contribution in [2.24, 2.45) is 0 Å². The van der Waals surface area contributed by atoms with Gasteiger partial charge in [0, 0.05) is 30.4 Å². The summed E-state index contributed by atoms with van der Waals surface area (Å²) in [7, 11) is -4.04. The summed E-state index contributed by atoms with van der Waals surface area (Å²) in [5.41, 5.74) is 0.878. The van der Waals surface area contributed by atoms with E-state index < -0.39 is 21.7 Å². The normalized spacial score (nSPS) is 17.0. The van der Waals surface area contributed by atoms with Crippen LogP contribution in [0.3, 0.4) is 0 Å². The third-order valence-electron chi connectivity index (χ3n) is 4.73.